The van der Waals surface area contributed by atoms with Crippen LogP contribution in [0.15, 0.2) is 72.8 Å². The minimum absolute atomic E-state index is 0.0556. The highest BCUT2D eigenvalue weighted by Gasteiger charge is 2.34. The van der Waals surface area contributed by atoms with Crippen LogP contribution in [0.4, 0.5) is 5.69 Å². The topological polar surface area (TPSA) is 86.8 Å². The van der Waals surface area contributed by atoms with Crippen molar-refractivity contribution >= 4 is 39.1 Å². The molecule has 0 aromatic heterocycles. The second-order valence-electron chi connectivity index (χ2n) is 11.2. The van der Waals surface area contributed by atoms with Crippen molar-refractivity contribution in [1.82, 2.24) is 10.2 Å². The van der Waals surface area contributed by atoms with Crippen molar-refractivity contribution in [3.8, 4) is 0 Å². The van der Waals surface area contributed by atoms with Gasteiger partial charge in [0, 0.05) is 24.0 Å². The lowest BCUT2D eigenvalue weighted by Crippen LogP contribution is -2.55. The summed E-state index contributed by atoms with van der Waals surface area (Å²) in [4.78, 5) is 29.7. The molecule has 0 spiro atoms. The number of carbonyl (C=O) groups excluding carboxylic acids is 2. The Balaban J connectivity index is 1.72. The van der Waals surface area contributed by atoms with Crippen LogP contribution in [-0.4, -0.2) is 50.0 Å². The van der Waals surface area contributed by atoms with Crippen LogP contribution in [-0.2, 0) is 32.6 Å². The molecule has 224 valence electrons. The fourth-order valence-electron chi connectivity index (χ4n) is 5.38. The maximum atomic E-state index is 14.2. The summed E-state index contributed by atoms with van der Waals surface area (Å²) in [6, 6.07) is 21.2. The Kier molecular flexibility index (Phi) is 10.7. The molecule has 2 amide bonds. The Morgan fingerprint density at radius 1 is 0.905 bits per heavy atom. The maximum absolute atomic E-state index is 14.2. The Morgan fingerprint density at radius 2 is 1.57 bits per heavy atom. The number of nitrogens with zero attached hydrogens (tertiary/aromatic N) is 2. The molecule has 1 N–H and O–H groups in total. The van der Waals surface area contributed by atoms with E-state index in [9.17, 15) is 18.0 Å². The number of sulfonamides is 1. The number of carbonyl (C=O) groups is 2. The van der Waals surface area contributed by atoms with E-state index in [1.807, 2.05) is 62.4 Å². The summed E-state index contributed by atoms with van der Waals surface area (Å²) in [5.41, 5.74) is 4.04. The first-order valence-corrected chi connectivity index (χ1v) is 16.7. The SMILES string of the molecule is Cc1ccc(N(CC(=O)N(Cc2ccc(Cl)cc2)[C@H](Cc2ccccc2)C(=O)NC2CCCCC2)S(C)(=O)=O)cc1C. The predicted molar refractivity (Wildman–Crippen MR) is 169 cm³/mol. The zero-order valence-corrected chi connectivity index (χ0v) is 26.1. The third kappa shape index (κ3) is 8.58. The largest absolute Gasteiger partial charge is 0.352 e. The highest BCUT2D eigenvalue weighted by Crippen LogP contribution is 2.24. The summed E-state index contributed by atoms with van der Waals surface area (Å²) in [7, 11) is -3.81. The molecule has 1 aliphatic carbocycles. The summed E-state index contributed by atoms with van der Waals surface area (Å²) in [5.74, 6) is -0.696. The van der Waals surface area contributed by atoms with Crippen LogP contribution >= 0.6 is 11.6 Å². The predicted octanol–water partition coefficient (Wildman–Crippen LogP) is 5.81. The van der Waals surface area contributed by atoms with Crippen molar-refractivity contribution in [1.29, 1.82) is 0 Å². The van der Waals surface area contributed by atoms with Gasteiger partial charge >= 0.3 is 0 Å². The van der Waals surface area contributed by atoms with Gasteiger partial charge in [0.25, 0.3) is 0 Å². The molecule has 42 heavy (non-hydrogen) atoms. The molecule has 0 aliphatic heterocycles. The molecule has 1 aliphatic rings. The van der Waals surface area contributed by atoms with E-state index >= 15 is 0 Å². The van der Waals surface area contributed by atoms with Crippen LogP contribution in [0.25, 0.3) is 0 Å². The van der Waals surface area contributed by atoms with Crippen molar-refractivity contribution in [2.24, 2.45) is 0 Å². The number of hydrogen-bond donors (Lipinski definition) is 1. The van der Waals surface area contributed by atoms with Gasteiger partial charge in [-0.25, -0.2) is 8.42 Å². The molecule has 0 unspecified atom stereocenters. The van der Waals surface area contributed by atoms with Crippen LogP contribution < -0.4 is 9.62 Å². The van der Waals surface area contributed by atoms with Crippen molar-refractivity contribution in [2.45, 2.75) is 71.0 Å². The summed E-state index contributed by atoms with van der Waals surface area (Å²) in [6.45, 7) is 3.54. The van der Waals surface area contributed by atoms with Gasteiger partial charge in [-0.05, 0) is 73.2 Å². The number of aryl methyl sites for hydroxylation is 2. The molecule has 3 aromatic carbocycles. The molecule has 0 heterocycles. The minimum atomic E-state index is -3.81. The molecular formula is C33H40ClN3O4S. The Hall–Kier alpha value is -3.36. The van der Waals surface area contributed by atoms with Gasteiger partial charge in [-0.15, -0.1) is 0 Å². The van der Waals surface area contributed by atoms with E-state index < -0.39 is 28.5 Å². The lowest BCUT2D eigenvalue weighted by Gasteiger charge is -2.35. The van der Waals surface area contributed by atoms with Crippen LogP contribution in [0.2, 0.25) is 5.02 Å². The number of nitrogens with one attached hydrogen (secondary N) is 1. The summed E-state index contributed by atoms with van der Waals surface area (Å²) >= 11 is 6.13. The van der Waals surface area contributed by atoms with Crippen LogP contribution in [0.3, 0.4) is 0 Å². The van der Waals surface area contributed by atoms with Crippen LogP contribution in [0.5, 0.6) is 0 Å². The molecule has 9 heteroatoms. The number of amides is 2. The first kappa shape index (κ1) is 31.6. The van der Waals surface area contributed by atoms with Crippen molar-refractivity contribution in [3.63, 3.8) is 0 Å². The van der Waals surface area contributed by atoms with E-state index in [1.54, 1.807) is 24.3 Å². The van der Waals surface area contributed by atoms with E-state index in [1.165, 1.54) is 4.90 Å². The normalized spacial score (nSPS) is 14.7. The third-order valence-electron chi connectivity index (χ3n) is 7.95. The number of halogens is 1. The summed E-state index contributed by atoms with van der Waals surface area (Å²) in [6.07, 6.45) is 6.47. The molecule has 0 bridgehead atoms. The summed E-state index contributed by atoms with van der Waals surface area (Å²) in [5, 5.41) is 3.77. The quantitative estimate of drug-likeness (QED) is 0.297. The lowest BCUT2D eigenvalue weighted by molar-refractivity contribution is -0.140. The van der Waals surface area contributed by atoms with Gasteiger partial charge in [-0.1, -0.05) is 79.4 Å². The molecule has 1 atom stereocenters. The Bertz CT molecular complexity index is 1470. The first-order valence-electron chi connectivity index (χ1n) is 14.4. The second-order valence-corrected chi connectivity index (χ2v) is 13.6. The number of anilines is 1. The molecular weight excluding hydrogens is 570 g/mol. The first-order chi connectivity index (χ1) is 20.0. The second kappa shape index (κ2) is 14.2. The van der Waals surface area contributed by atoms with E-state index in [0.717, 1.165) is 64.9 Å². The van der Waals surface area contributed by atoms with E-state index in [-0.39, 0.29) is 18.5 Å². The van der Waals surface area contributed by atoms with Gasteiger partial charge < -0.3 is 10.2 Å². The zero-order valence-electron chi connectivity index (χ0n) is 24.6. The van der Waals surface area contributed by atoms with Crippen molar-refractivity contribution in [3.05, 3.63) is 100 Å². The van der Waals surface area contributed by atoms with Crippen LogP contribution in [0, 0.1) is 13.8 Å². The molecule has 7 nitrogen and oxygen atoms in total. The van der Waals surface area contributed by atoms with Gasteiger partial charge in [0.2, 0.25) is 21.8 Å². The number of hydrogen-bond acceptors (Lipinski definition) is 4. The maximum Gasteiger partial charge on any atom is 0.244 e. The number of benzene rings is 3. The number of rotatable bonds is 11. The van der Waals surface area contributed by atoms with Gasteiger partial charge in [0.1, 0.15) is 12.6 Å². The van der Waals surface area contributed by atoms with E-state index in [0.29, 0.717) is 17.1 Å². The fourth-order valence-corrected chi connectivity index (χ4v) is 6.35. The highest BCUT2D eigenvalue weighted by atomic mass is 35.5. The van der Waals surface area contributed by atoms with Gasteiger partial charge in [0.05, 0.1) is 11.9 Å². The monoisotopic (exact) mass is 609 g/mol. The highest BCUT2D eigenvalue weighted by molar-refractivity contribution is 7.92. The third-order valence-corrected chi connectivity index (χ3v) is 9.34. The van der Waals surface area contributed by atoms with E-state index in [4.69, 9.17) is 11.6 Å². The Morgan fingerprint density at radius 3 is 2.19 bits per heavy atom. The zero-order chi connectivity index (χ0) is 30.3. The lowest BCUT2D eigenvalue weighted by atomic mass is 9.94. The average Bonchev–Trinajstić information content (AvgIpc) is 2.96. The minimum Gasteiger partial charge on any atom is -0.352 e. The van der Waals surface area contributed by atoms with Gasteiger partial charge in [-0.3, -0.25) is 13.9 Å². The molecule has 4 rings (SSSR count). The average molecular weight is 610 g/mol. The summed E-state index contributed by atoms with van der Waals surface area (Å²) < 4.78 is 27.1. The fraction of sp³-hybridized carbons (Fsp3) is 0.394. The molecule has 1 saturated carbocycles. The van der Waals surface area contributed by atoms with Gasteiger partial charge in [0.15, 0.2) is 0 Å². The van der Waals surface area contributed by atoms with Crippen molar-refractivity contribution < 1.29 is 18.0 Å². The van der Waals surface area contributed by atoms with Gasteiger partial charge in [-0.2, -0.15) is 0 Å². The molecule has 0 radical (unpaired) electrons. The Labute approximate surface area is 254 Å². The molecule has 3 aromatic rings. The standard InChI is InChI=1S/C33H40ClN3O4S/c1-24-14-19-30(20-25(24)2)37(42(3,40)41)23-32(38)36(22-27-15-17-28(34)18-16-27)31(21-26-10-6-4-7-11-26)33(39)35-29-12-8-5-9-13-29/h4,6-7,10-11,14-20,29,31H,5,8-9,12-13,21-23H2,1-3H3,(H,35,39)/t31-/m1/s1. The van der Waals surface area contributed by atoms with E-state index in [2.05, 4.69) is 5.32 Å². The molecule has 0 saturated heterocycles. The smallest absolute Gasteiger partial charge is 0.244 e. The van der Waals surface area contributed by atoms with Crippen LogP contribution in [0.1, 0.15) is 54.4 Å². The molecule has 1 fully saturated rings. The van der Waals surface area contributed by atoms with Crippen molar-refractivity contribution in [2.75, 3.05) is 17.1 Å².